The minimum absolute atomic E-state index is 0.149. The maximum atomic E-state index is 13.9. The van der Waals surface area contributed by atoms with Gasteiger partial charge in [-0.25, -0.2) is 0 Å². The lowest BCUT2D eigenvalue weighted by atomic mass is 9.70. The van der Waals surface area contributed by atoms with Crippen molar-refractivity contribution in [2.24, 2.45) is 17.8 Å². The Morgan fingerprint density at radius 2 is 2.03 bits per heavy atom. The van der Waals surface area contributed by atoms with E-state index >= 15 is 0 Å². The van der Waals surface area contributed by atoms with Crippen molar-refractivity contribution in [2.75, 3.05) is 13.2 Å². The van der Waals surface area contributed by atoms with E-state index in [1.807, 2.05) is 27.7 Å². The highest BCUT2D eigenvalue weighted by molar-refractivity contribution is 9.09. The molecular formula is C22H33BrN2O6. The molecule has 0 aromatic rings. The van der Waals surface area contributed by atoms with Gasteiger partial charge in [0.1, 0.15) is 11.6 Å². The first kappa shape index (κ1) is 24.2. The molecule has 0 aromatic carbocycles. The van der Waals surface area contributed by atoms with Crippen LogP contribution in [-0.2, 0) is 19.1 Å². The molecule has 3 fully saturated rings. The van der Waals surface area contributed by atoms with Crippen molar-refractivity contribution in [3.05, 3.63) is 12.7 Å². The van der Waals surface area contributed by atoms with E-state index in [1.54, 1.807) is 11.0 Å². The van der Waals surface area contributed by atoms with Crippen LogP contribution in [0, 0.1) is 17.8 Å². The number of aliphatic hydroxyl groups excluding tert-OH is 1. The van der Waals surface area contributed by atoms with E-state index in [0.29, 0.717) is 19.4 Å². The fourth-order valence-electron chi connectivity index (χ4n) is 5.69. The fourth-order valence-corrected chi connectivity index (χ4v) is 6.64. The molecule has 2 N–H and O–H groups in total. The first-order valence-electron chi connectivity index (χ1n) is 10.9. The average Bonchev–Trinajstić information content (AvgIpc) is 3.26. The zero-order chi connectivity index (χ0) is 23.2. The summed E-state index contributed by atoms with van der Waals surface area (Å²) >= 11 is 3.53. The first-order valence-corrected chi connectivity index (χ1v) is 11.8. The number of nitrogens with zero attached hydrogens (tertiary/aromatic N) is 2. The minimum atomic E-state index is -1.23. The largest absolute Gasteiger partial charge is 0.481 e. The van der Waals surface area contributed by atoms with Gasteiger partial charge in [0, 0.05) is 17.4 Å². The summed E-state index contributed by atoms with van der Waals surface area (Å²) in [5.74, 6) is -3.61. The van der Waals surface area contributed by atoms with Crippen LogP contribution in [0.25, 0.3) is 0 Å². The molecule has 3 rings (SSSR count). The van der Waals surface area contributed by atoms with Crippen LogP contribution in [0.1, 0.15) is 40.5 Å². The Morgan fingerprint density at radius 3 is 2.52 bits per heavy atom. The number of carboxylic acids is 1. The van der Waals surface area contributed by atoms with Crippen molar-refractivity contribution in [2.45, 2.75) is 75.2 Å². The molecule has 174 valence electrons. The third-order valence-corrected chi connectivity index (χ3v) is 7.67. The lowest BCUT2D eigenvalue weighted by Crippen LogP contribution is -2.60. The number of halogens is 1. The summed E-state index contributed by atoms with van der Waals surface area (Å²) in [6.45, 7) is 11.5. The number of fused-ring (bicyclic) bond motifs is 1. The monoisotopic (exact) mass is 500 g/mol. The van der Waals surface area contributed by atoms with Crippen LogP contribution in [0.5, 0.6) is 0 Å². The Hall–Kier alpha value is -1.45. The third kappa shape index (κ3) is 3.72. The SMILES string of the molecule is C=CCN(C(=O)[C@H]1N([C@@H](CO)CC(C)C)C(=O)[C@@H]2[C@@H](C(=O)O)[C@@H]3O[C@@]21CC3Br)C(C)C. The van der Waals surface area contributed by atoms with Gasteiger partial charge >= 0.3 is 5.97 Å². The summed E-state index contributed by atoms with van der Waals surface area (Å²) in [5, 5.41) is 20.1. The van der Waals surface area contributed by atoms with E-state index in [1.165, 1.54) is 4.90 Å². The Balaban J connectivity index is 2.14. The van der Waals surface area contributed by atoms with E-state index in [4.69, 9.17) is 4.74 Å². The number of rotatable bonds is 9. The second-order valence-electron chi connectivity index (χ2n) is 9.59. The van der Waals surface area contributed by atoms with Crippen LogP contribution in [0.2, 0.25) is 0 Å². The number of carboxylic acid groups (broad SMARTS) is 1. The van der Waals surface area contributed by atoms with E-state index in [2.05, 4.69) is 22.5 Å². The van der Waals surface area contributed by atoms with E-state index in [9.17, 15) is 24.6 Å². The van der Waals surface area contributed by atoms with Crippen molar-refractivity contribution in [3.8, 4) is 0 Å². The molecule has 9 heteroatoms. The molecule has 3 aliphatic heterocycles. The number of carbonyl (C=O) groups is 3. The molecule has 1 spiro atoms. The summed E-state index contributed by atoms with van der Waals surface area (Å²) in [7, 11) is 0. The van der Waals surface area contributed by atoms with Crippen molar-refractivity contribution in [3.63, 3.8) is 0 Å². The molecule has 0 radical (unpaired) electrons. The molecular weight excluding hydrogens is 468 g/mol. The zero-order valence-electron chi connectivity index (χ0n) is 18.5. The van der Waals surface area contributed by atoms with Crippen LogP contribution in [0.4, 0.5) is 0 Å². The van der Waals surface area contributed by atoms with Gasteiger partial charge in [-0.3, -0.25) is 14.4 Å². The quantitative estimate of drug-likeness (QED) is 0.368. The minimum Gasteiger partial charge on any atom is -0.481 e. The van der Waals surface area contributed by atoms with E-state index in [0.717, 1.165) is 0 Å². The summed E-state index contributed by atoms with van der Waals surface area (Å²) in [4.78, 5) is 42.6. The van der Waals surface area contributed by atoms with Crippen molar-refractivity contribution >= 4 is 33.7 Å². The second kappa shape index (κ2) is 8.83. The Morgan fingerprint density at radius 1 is 1.39 bits per heavy atom. The first-order chi connectivity index (χ1) is 14.5. The Bertz CT molecular complexity index is 758. The van der Waals surface area contributed by atoms with Crippen LogP contribution in [-0.4, -0.2) is 85.6 Å². The molecule has 3 heterocycles. The average molecular weight is 501 g/mol. The molecule has 2 amide bonds. The Labute approximate surface area is 191 Å². The number of aliphatic hydroxyl groups is 1. The van der Waals surface area contributed by atoms with Gasteiger partial charge in [0.25, 0.3) is 0 Å². The lowest BCUT2D eigenvalue weighted by Gasteiger charge is -2.40. The number of hydrogen-bond donors (Lipinski definition) is 2. The predicted molar refractivity (Wildman–Crippen MR) is 118 cm³/mol. The van der Waals surface area contributed by atoms with Gasteiger partial charge in [-0.15, -0.1) is 6.58 Å². The molecule has 2 bridgehead atoms. The number of aliphatic carboxylic acids is 1. The van der Waals surface area contributed by atoms with Gasteiger partial charge < -0.3 is 24.7 Å². The number of likely N-dealkylation sites (tertiary alicyclic amines) is 1. The number of amides is 2. The van der Waals surface area contributed by atoms with Gasteiger partial charge in [0.2, 0.25) is 11.8 Å². The number of alkyl halides is 1. The van der Waals surface area contributed by atoms with Gasteiger partial charge in [0.05, 0.1) is 30.6 Å². The van der Waals surface area contributed by atoms with E-state index in [-0.39, 0.29) is 29.3 Å². The maximum absolute atomic E-state index is 13.9. The molecule has 1 unspecified atom stereocenters. The van der Waals surface area contributed by atoms with Crippen molar-refractivity contribution in [1.29, 1.82) is 0 Å². The highest BCUT2D eigenvalue weighted by Crippen LogP contribution is 2.60. The van der Waals surface area contributed by atoms with Crippen molar-refractivity contribution in [1.82, 2.24) is 9.80 Å². The summed E-state index contributed by atoms with van der Waals surface area (Å²) in [6.07, 6.45) is 1.82. The lowest BCUT2D eigenvalue weighted by molar-refractivity contribution is -0.154. The molecule has 7 atom stereocenters. The van der Waals surface area contributed by atoms with Crippen LogP contribution in [0.3, 0.4) is 0 Å². The Kier molecular flexibility index (Phi) is 6.89. The topological polar surface area (TPSA) is 107 Å². The van der Waals surface area contributed by atoms with Crippen LogP contribution < -0.4 is 0 Å². The number of ether oxygens (including phenoxy) is 1. The zero-order valence-corrected chi connectivity index (χ0v) is 20.1. The molecule has 8 nitrogen and oxygen atoms in total. The molecule has 0 saturated carbocycles. The normalized spacial score (nSPS) is 35.0. The molecule has 0 aliphatic carbocycles. The molecule has 31 heavy (non-hydrogen) atoms. The summed E-state index contributed by atoms with van der Waals surface area (Å²) < 4.78 is 6.27. The van der Waals surface area contributed by atoms with Gasteiger partial charge in [-0.2, -0.15) is 0 Å². The fraction of sp³-hybridized carbons (Fsp3) is 0.773. The molecule has 3 saturated heterocycles. The van der Waals surface area contributed by atoms with Gasteiger partial charge in [0.15, 0.2) is 0 Å². The second-order valence-corrected chi connectivity index (χ2v) is 10.8. The summed E-state index contributed by atoms with van der Waals surface area (Å²) in [5.41, 5.74) is -1.23. The highest BCUT2D eigenvalue weighted by Gasteiger charge is 2.77. The standard InChI is InChI=1S/C22H33BrN2O6/c1-6-7-24(12(4)5)20(28)18-22-9-14(23)17(31-22)15(21(29)30)16(22)19(27)25(18)13(10-26)8-11(2)3/h6,11-18,26H,1,7-10H2,2-5H3,(H,29,30)/t13-,14?,15-,16+,17-,18-,22+/m1/s1. The van der Waals surface area contributed by atoms with E-state index < -0.39 is 47.5 Å². The number of hydrogen-bond acceptors (Lipinski definition) is 5. The van der Waals surface area contributed by atoms with Gasteiger partial charge in [-0.05, 0) is 32.6 Å². The van der Waals surface area contributed by atoms with Crippen molar-refractivity contribution < 1.29 is 29.3 Å². The van der Waals surface area contributed by atoms with Crippen LogP contribution in [0.15, 0.2) is 12.7 Å². The smallest absolute Gasteiger partial charge is 0.310 e. The third-order valence-electron chi connectivity index (χ3n) is 6.83. The summed E-state index contributed by atoms with van der Waals surface area (Å²) in [6, 6.07) is -1.73. The highest BCUT2D eigenvalue weighted by atomic mass is 79.9. The molecule has 0 aromatic heterocycles. The molecule has 3 aliphatic rings. The predicted octanol–water partition coefficient (Wildman–Crippen LogP) is 1.65. The van der Waals surface area contributed by atoms with Crippen LogP contribution >= 0.6 is 15.9 Å². The van der Waals surface area contributed by atoms with Gasteiger partial charge in [-0.1, -0.05) is 35.9 Å². The number of carbonyl (C=O) groups excluding carboxylic acids is 2. The maximum Gasteiger partial charge on any atom is 0.310 e.